The molecule has 0 heterocycles. The third-order valence-electron chi connectivity index (χ3n) is 5.66. The second kappa shape index (κ2) is 18.4. The number of carboxylic acid groups (broad SMARTS) is 1. The Bertz CT molecular complexity index is 1060. The van der Waals surface area contributed by atoms with Crippen LogP contribution in [0.25, 0.3) is 0 Å². The summed E-state index contributed by atoms with van der Waals surface area (Å²) < 4.78 is 31.7. The number of nitrogens with zero attached hydrogens (tertiary/aromatic N) is 2. The molecule has 0 spiro atoms. The molecular formula is C28H38F3N5O4. The van der Waals surface area contributed by atoms with E-state index in [0.717, 1.165) is 18.4 Å². The van der Waals surface area contributed by atoms with E-state index in [4.69, 9.17) is 21.4 Å². The first-order valence-electron chi connectivity index (χ1n) is 12.9. The number of halogens is 3. The highest BCUT2D eigenvalue weighted by atomic mass is 19.4. The van der Waals surface area contributed by atoms with E-state index in [2.05, 4.69) is 22.4 Å². The molecule has 12 heteroatoms. The Kier molecular flexibility index (Phi) is 15.7. The maximum Gasteiger partial charge on any atom is 0.490 e. The third-order valence-corrected chi connectivity index (χ3v) is 5.66. The van der Waals surface area contributed by atoms with Gasteiger partial charge < -0.3 is 26.8 Å². The lowest BCUT2D eigenvalue weighted by Gasteiger charge is -2.31. The average Bonchev–Trinajstić information content (AvgIpc) is 2.92. The van der Waals surface area contributed by atoms with Gasteiger partial charge in [0.1, 0.15) is 12.6 Å². The molecule has 0 radical (unpaired) electrons. The highest BCUT2D eigenvalue weighted by Gasteiger charge is 2.38. The maximum atomic E-state index is 13.1. The van der Waals surface area contributed by atoms with Crippen molar-refractivity contribution in [2.75, 3.05) is 26.2 Å². The molecule has 9 nitrogen and oxygen atoms in total. The van der Waals surface area contributed by atoms with Crippen molar-refractivity contribution >= 4 is 23.6 Å². The van der Waals surface area contributed by atoms with Gasteiger partial charge in [-0.15, -0.1) is 0 Å². The number of aliphatic imine (C=N–C) groups is 1. The number of hydrogen-bond acceptors (Lipinski definition) is 5. The van der Waals surface area contributed by atoms with Gasteiger partial charge in [-0.25, -0.2) is 4.79 Å². The summed E-state index contributed by atoms with van der Waals surface area (Å²) in [6, 6.07) is 19.5. The Morgan fingerprint density at radius 2 is 1.50 bits per heavy atom. The van der Waals surface area contributed by atoms with E-state index >= 15 is 0 Å². The Labute approximate surface area is 232 Å². The molecule has 0 unspecified atom stereocenters. The van der Waals surface area contributed by atoms with Crippen LogP contribution in [0.1, 0.15) is 37.3 Å². The number of nitrogens with two attached hydrogens (primary N) is 2. The molecule has 40 heavy (non-hydrogen) atoms. The number of benzene rings is 2. The largest absolute Gasteiger partial charge is 0.490 e. The highest BCUT2D eigenvalue weighted by Crippen LogP contribution is 2.13. The van der Waals surface area contributed by atoms with Crippen LogP contribution in [-0.4, -0.2) is 72.0 Å². The number of carboxylic acids is 1. The first-order valence-corrected chi connectivity index (χ1v) is 12.9. The summed E-state index contributed by atoms with van der Waals surface area (Å²) in [7, 11) is 0. The van der Waals surface area contributed by atoms with Crippen molar-refractivity contribution < 1.29 is 32.7 Å². The zero-order valence-corrected chi connectivity index (χ0v) is 22.6. The topological polar surface area (TPSA) is 151 Å². The molecule has 2 rings (SSSR count). The average molecular weight is 566 g/mol. The zero-order chi connectivity index (χ0) is 30.0. The number of nitrogens with one attached hydrogen (secondary N) is 1. The summed E-state index contributed by atoms with van der Waals surface area (Å²) in [5, 5.41) is 10.2. The first kappa shape index (κ1) is 34.1. The number of aryl methyl sites for hydroxylation is 1. The smallest absolute Gasteiger partial charge is 0.475 e. The summed E-state index contributed by atoms with van der Waals surface area (Å²) in [6.07, 6.45) is -1.56. The van der Waals surface area contributed by atoms with E-state index < -0.39 is 18.2 Å². The van der Waals surface area contributed by atoms with Crippen molar-refractivity contribution in [2.45, 2.75) is 51.2 Å². The molecule has 0 aromatic heterocycles. The number of hydrogen-bond donors (Lipinski definition) is 4. The van der Waals surface area contributed by atoms with Crippen LogP contribution in [0.4, 0.5) is 13.2 Å². The van der Waals surface area contributed by atoms with Gasteiger partial charge in [0.05, 0.1) is 5.84 Å². The lowest BCUT2D eigenvalue weighted by Crippen LogP contribution is -2.51. The SMILES string of the molecule is CC(N)=NCC(=O)N(CCc1ccccc1)[C@@H](CCCN)C(=O)NCCCc1ccccc1.O=C(O)C(F)(F)F. The van der Waals surface area contributed by atoms with Crippen molar-refractivity contribution in [1.82, 2.24) is 10.2 Å². The van der Waals surface area contributed by atoms with Gasteiger partial charge in [0.25, 0.3) is 0 Å². The van der Waals surface area contributed by atoms with Crippen LogP contribution in [0.3, 0.4) is 0 Å². The van der Waals surface area contributed by atoms with Crippen molar-refractivity contribution in [3.8, 4) is 0 Å². The molecule has 2 aromatic rings. The lowest BCUT2D eigenvalue weighted by molar-refractivity contribution is -0.192. The molecule has 0 saturated carbocycles. The number of amides is 2. The minimum atomic E-state index is -5.08. The van der Waals surface area contributed by atoms with Gasteiger partial charge in [-0.1, -0.05) is 60.7 Å². The van der Waals surface area contributed by atoms with Gasteiger partial charge in [-0.2, -0.15) is 13.2 Å². The Morgan fingerprint density at radius 3 is 1.98 bits per heavy atom. The van der Waals surface area contributed by atoms with Gasteiger partial charge in [-0.05, 0) is 56.7 Å². The van der Waals surface area contributed by atoms with Crippen LogP contribution in [0, 0.1) is 0 Å². The predicted molar refractivity (Wildman–Crippen MR) is 148 cm³/mol. The van der Waals surface area contributed by atoms with Gasteiger partial charge in [0, 0.05) is 13.1 Å². The van der Waals surface area contributed by atoms with Gasteiger partial charge in [0.2, 0.25) is 11.8 Å². The van der Waals surface area contributed by atoms with Crippen LogP contribution in [0.5, 0.6) is 0 Å². The predicted octanol–water partition coefficient (Wildman–Crippen LogP) is 2.92. The molecule has 0 aliphatic rings. The van der Waals surface area contributed by atoms with Gasteiger partial charge in [-0.3, -0.25) is 14.6 Å². The Hall–Kier alpha value is -3.93. The van der Waals surface area contributed by atoms with Crippen LogP contribution >= 0.6 is 0 Å². The summed E-state index contributed by atoms with van der Waals surface area (Å²) >= 11 is 0. The Morgan fingerprint density at radius 1 is 0.975 bits per heavy atom. The monoisotopic (exact) mass is 565 g/mol. The Balaban J connectivity index is 0.00000101. The van der Waals surface area contributed by atoms with E-state index in [9.17, 15) is 22.8 Å². The second-order valence-corrected chi connectivity index (χ2v) is 8.91. The molecule has 0 aliphatic heterocycles. The van der Waals surface area contributed by atoms with Crippen LogP contribution in [0.2, 0.25) is 0 Å². The minimum absolute atomic E-state index is 0.0719. The normalized spacial score (nSPS) is 12.1. The summed E-state index contributed by atoms with van der Waals surface area (Å²) in [6.45, 7) is 3.01. The van der Waals surface area contributed by atoms with Crippen LogP contribution in [-0.2, 0) is 27.2 Å². The summed E-state index contributed by atoms with van der Waals surface area (Å²) in [5.41, 5.74) is 13.7. The molecular weight excluding hydrogens is 527 g/mol. The van der Waals surface area contributed by atoms with E-state index in [1.807, 2.05) is 48.5 Å². The fraction of sp³-hybridized carbons (Fsp3) is 0.429. The van der Waals surface area contributed by atoms with E-state index in [0.29, 0.717) is 44.7 Å². The fourth-order valence-electron chi connectivity index (χ4n) is 3.64. The quantitative estimate of drug-likeness (QED) is 0.157. The van der Waals surface area contributed by atoms with Crippen LogP contribution in [0.15, 0.2) is 65.7 Å². The molecule has 1 atom stereocenters. The second-order valence-electron chi connectivity index (χ2n) is 8.91. The van der Waals surface area contributed by atoms with Crippen LogP contribution < -0.4 is 16.8 Å². The number of carbonyl (C=O) groups is 3. The van der Waals surface area contributed by atoms with Crippen molar-refractivity contribution in [3.63, 3.8) is 0 Å². The molecule has 0 fully saturated rings. The third kappa shape index (κ3) is 14.3. The van der Waals surface area contributed by atoms with Gasteiger partial charge >= 0.3 is 12.1 Å². The number of amidine groups is 1. The molecule has 0 saturated heterocycles. The standard InChI is InChI=1S/C26H37N5O2.C2HF3O2/c1-21(28)30-20-25(32)31(19-16-23-12-6-3-7-13-23)24(15-8-17-27)26(33)29-18-9-14-22-10-4-2-5-11-22;3-2(4,5)1(6)7/h2-7,10-13,24H,8-9,14-20,27H2,1H3,(H2,28,30)(H,29,33);(H,6,7)/t24-;/m0./s1. The number of rotatable bonds is 14. The first-order chi connectivity index (χ1) is 19.0. The molecule has 2 aromatic carbocycles. The maximum absolute atomic E-state index is 13.1. The van der Waals surface area contributed by atoms with E-state index in [1.165, 1.54) is 5.56 Å². The van der Waals surface area contributed by atoms with Crippen molar-refractivity contribution in [2.24, 2.45) is 16.5 Å². The summed E-state index contributed by atoms with van der Waals surface area (Å²) in [4.78, 5) is 40.8. The van der Waals surface area contributed by atoms with E-state index in [1.54, 1.807) is 11.8 Å². The van der Waals surface area contributed by atoms with Crippen molar-refractivity contribution in [1.29, 1.82) is 0 Å². The molecule has 2 amide bonds. The number of aliphatic carboxylic acids is 1. The van der Waals surface area contributed by atoms with Gasteiger partial charge in [0.15, 0.2) is 0 Å². The summed E-state index contributed by atoms with van der Waals surface area (Å²) in [5.74, 6) is -2.77. The number of alkyl halides is 3. The molecule has 6 N–H and O–H groups in total. The molecule has 220 valence electrons. The lowest BCUT2D eigenvalue weighted by atomic mass is 10.1. The van der Waals surface area contributed by atoms with Crippen molar-refractivity contribution in [3.05, 3.63) is 71.8 Å². The molecule has 0 aliphatic carbocycles. The highest BCUT2D eigenvalue weighted by molar-refractivity contribution is 5.89. The number of carbonyl (C=O) groups excluding carboxylic acids is 2. The zero-order valence-electron chi connectivity index (χ0n) is 22.6. The minimum Gasteiger partial charge on any atom is -0.475 e. The fourth-order valence-corrected chi connectivity index (χ4v) is 3.64. The van der Waals surface area contributed by atoms with E-state index in [-0.39, 0.29) is 18.4 Å². The molecule has 0 bridgehead atoms.